The summed E-state index contributed by atoms with van der Waals surface area (Å²) in [4.78, 5) is 56.9. The van der Waals surface area contributed by atoms with Crippen molar-refractivity contribution in [3.8, 4) is 0 Å². The van der Waals surface area contributed by atoms with Gasteiger partial charge in [-0.1, -0.05) is 51.2 Å². The summed E-state index contributed by atoms with van der Waals surface area (Å²) in [6.45, 7) is 1.62. The number of rotatable bonds is 4. The number of halogens is 2. The van der Waals surface area contributed by atoms with E-state index in [2.05, 4.69) is 15.9 Å². The first kappa shape index (κ1) is 25.5. The molecule has 0 aliphatic carbocycles. The van der Waals surface area contributed by atoms with E-state index < -0.39 is 22.9 Å². The van der Waals surface area contributed by atoms with E-state index >= 15 is 0 Å². The number of nitrogens with zero attached hydrogens (tertiary/aromatic N) is 3. The molecule has 3 aromatic rings. The molecule has 3 amide bonds. The number of amides is 3. The standard InChI is InChI=1S/C26H21BrFN3O5S2/c27-15-3-7-17(8-4-15)31-23(33)20-19(14-1-5-16(28)6-2-14)22-25(37-21(20)24(31)34)30(26(35)38-22)13-18(32)29-9-11-36-12-10-29/h1-8,19-21H,9-13H2. The number of imide groups is 1. The highest BCUT2D eigenvalue weighted by Gasteiger charge is 2.56. The molecule has 0 bridgehead atoms. The van der Waals surface area contributed by atoms with Crippen LogP contribution in [0.25, 0.3) is 0 Å². The summed E-state index contributed by atoms with van der Waals surface area (Å²) in [5.41, 5.74) is 1.09. The van der Waals surface area contributed by atoms with Gasteiger partial charge in [0.15, 0.2) is 0 Å². The maximum Gasteiger partial charge on any atom is 0.308 e. The summed E-state index contributed by atoms with van der Waals surface area (Å²) in [7, 11) is 0. The fourth-order valence-corrected chi connectivity index (χ4v) is 8.21. The van der Waals surface area contributed by atoms with Crippen molar-refractivity contribution in [2.75, 3.05) is 31.2 Å². The van der Waals surface area contributed by atoms with Gasteiger partial charge in [0.2, 0.25) is 17.7 Å². The first-order valence-electron chi connectivity index (χ1n) is 12.0. The quantitative estimate of drug-likeness (QED) is 0.417. The molecular weight excluding hydrogens is 597 g/mol. The number of thioether (sulfide) groups is 1. The maximum atomic E-state index is 13.8. The molecule has 38 heavy (non-hydrogen) atoms. The minimum Gasteiger partial charge on any atom is -0.378 e. The minimum atomic E-state index is -0.799. The van der Waals surface area contributed by atoms with Gasteiger partial charge >= 0.3 is 4.87 Å². The van der Waals surface area contributed by atoms with Crippen molar-refractivity contribution in [2.45, 2.75) is 22.7 Å². The number of aromatic nitrogens is 1. The normalized spacial score (nSPS) is 22.9. The predicted molar refractivity (Wildman–Crippen MR) is 144 cm³/mol. The Bertz CT molecular complexity index is 1480. The van der Waals surface area contributed by atoms with Crippen molar-refractivity contribution in [1.29, 1.82) is 0 Å². The molecule has 2 aromatic carbocycles. The first-order valence-corrected chi connectivity index (χ1v) is 14.5. The second-order valence-electron chi connectivity index (χ2n) is 9.20. The molecule has 6 rings (SSSR count). The molecule has 3 atom stereocenters. The predicted octanol–water partition coefficient (Wildman–Crippen LogP) is 3.47. The first-order chi connectivity index (χ1) is 18.3. The molecule has 0 N–H and O–H groups in total. The van der Waals surface area contributed by atoms with Gasteiger partial charge in [0.05, 0.1) is 29.8 Å². The lowest BCUT2D eigenvalue weighted by Crippen LogP contribution is -2.43. The van der Waals surface area contributed by atoms with E-state index in [9.17, 15) is 23.6 Å². The highest BCUT2D eigenvalue weighted by molar-refractivity contribution is 9.10. The molecule has 8 nitrogen and oxygen atoms in total. The Labute approximate surface area is 233 Å². The lowest BCUT2D eigenvalue weighted by Gasteiger charge is -2.31. The van der Waals surface area contributed by atoms with Crippen molar-refractivity contribution in [1.82, 2.24) is 9.47 Å². The van der Waals surface area contributed by atoms with Crippen molar-refractivity contribution in [3.63, 3.8) is 0 Å². The van der Waals surface area contributed by atoms with Crippen LogP contribution in [0, 0.1) is 11.7 Å². The van der Waals surface area contributed by atoms with Gasteiger partial charge in [0.1, 0.15) is 17.6 Å². The molecule has 0 radical (unpaired) electrons. The SMILES string of the molecule is O=C(Cn1c2c(sc1=O)C(c1ccc(F)cc1)C1C(=O)N(c3ccc(Br)cc3)C(=O)C1S2)N1CCOCC1. The van der Waals surface area contributed by atoms with Gasteiger partial charge in [-0.3, -0.25) is 23.7 Å². The van der Waals surface area contributed by atoms with Crippen LogP contribution in [0.15, 0.2) is 62.8 Å². The fraction of sp³-hybridized carbons (Fsp3) is 0.308. The van der Waals surface area contributed by atoms with Crippen LogP contribution in [0.4, 0.5) is 10.1 Å². The lowest BCUT2D eigenvalue weighted by molar-refractivity contribution is -0.136. The zero-order valence-corrected chi connectivity index (χ0v) is 23.1. The smallest absolute Gasteiger partial charge is 0.308 e. The van der Waals surface area contributed by atoms with Crippen LogP contribution in [0.3, 0.4) is 0 Å². The number of fused-ring (bicyclic) bond motifs is 2. The van der Waals surface area contributed by atoms with Crippen molar-refractivity contribution >= 4 is 62.4 Å². The third-order valence-electron chi connectivity index (χ3n) is 7.02. The molecule has 0 spiro atoms. The summed E-state index contributed by atoms with van der Waals surface area (Å²) in [6.07, 6.45) is 0. The third kappa shape index (κ3) is 4.33. The van der Waals surface area contributed by atoms with E-state index in [-0.39, 0.29) is 29.1 Å². The number of carbonyl (C=O) groups excluding carboxylic acids is 3. The van der Waals surface area contributed by atoms with E-state index in [1.807, 2.05) is 0 Å². The summed E-state index contributed by atoms with van der Waals surface area (Å²) in [5, 5.41) is -0.288. The summed E-state index contributed by atoms with van der Waals surface area (Å²) in [5.74, 6) is -2.80. The maximum absolute atomic E-state index is 13.8. The van der Waals surface area contributed by atoms with Crippen molar-refractivity contribution in [2.24, 2.45) is 5.92 Å². The Kier molecular flexibility index (Phi) is 6.75. The van der Waals surface area contributed by atoms with E-state index in [1.54, 1.807) is 41.3 Å². The highest BCUT2D eigenvalue weighted by atomic mass is 79.9. The number of anilines is 1. The Balaban J connectivity index is 1.43. The average molecular weight is 619 g/mol. The van der Waals surface area contributed by atoms with E-state index in [1.165, 1.54) is 21.6 Å². The molecule has 3 aliphatic rings. The molecular formula is C26H21BrFN3O5S2. The Morgan fingerprint density at radius 1 is 1.00 bits per heavy atom. The van der Waals surface area contributed by atoms with Gasteiger partial charge in [0.25, 0.3) is 0 Å². The Morgan fingerprint density at radius 2 is 1.68 bits per heavy atom. The molecule has 2 fully saturated rings. The molecule has 3 unspecified atom stereocenters. The topological polar surface area (TPSA) is 88.9 Å². The van der Waals surface area contributed by atoms with Gasteiger partial charge in [-0.05, 0) is 42.0 Å². The largest absolute Gasteiger partial charge is 0.378 e. The number of carbonyl (C=O) groups is 3. The van der Waals surface area contributed by atoms with E-state index in [0.717, 1.165) is 27.6 Å². The van der Waals surface area contributed by atoms with Crippen LogP contribution < -0.4 is 9.77 Å². The third-order valence-corrected chi connectivity index (χ3v) is 10.2. The molecule has 2 saturated heterocycles. The van der Waals surface area contributed by atoms with Crippen LogP contribution in [0.2, 0.25) is 0 Å². The monoisotopic (exact) mass is 617 g/mol. The van der Waals surface area contributed by atoms with E-state index in [0.29, 0.717) is 47.5 Å². The van der Waals surface area contributed by atoms with Crippen LogP contribution in [0.1, 0.15) is 16.4 Å². The molecule has 0 saturated carbocycles. The summed E-state index contributed by atoms with van der Waals surface area (Å²) < 4.78 is 21.4. The molecule has 196 valence electrons. The highest BCUT2D eigenvalue weighted by Crippen LogP contribution is 2.53. The number of thiazole rings is 1. The lowest BCUT2D eigenvalue weighted by atomic mass is 9.83. The number of morpholine rings is 1. The van der Waals surface area contributed by atoms with Gasteiger partial charge in [-0.2, -0.15) is 0 Å². The molecule has 1 aromatic heterocycles. The zero-order chi connectivity index (χ0) is 26.6. The van der Waals surface area contributed by atoms with Crippen molar-refractivity contribution in [3.05, 3.63) is 78.9 Å². The van der Waals surface area contributed by atoms with Crippen LogP contribution in [-0.4, -0.2) is 58.7 Å². The van der Waals surface area contributed by atoms with Crippen molar-refractivity contribution < 1.29 is 23.5 Å². The fourth-order valence-electron chi connectivity index (χ4n) is 5.18. The van der Waals surface area contributed by atoms with Gasteiger partial charge in [0, 0.05) is 28.4 Å². The van der Waals surface area contributed by atoms with Crippen LogP contribution in [0.5, 0.6) is 0 Å². The molecule has 12 heteroatoms. The van der Waals surface area contributed by atoms with Gasteiger partial charge < -0.3 is 9.64 Å². The van der Waals surface area contributed by atoms with Gasteiger partial charge in [-0.25, -0.2) is 9.29 Å². The second kappa shape index (κ2) is 10.1. The zero-order valence-electron chi connectivity index (χ0n) is 19.8. The Morgan fingerprint density at radius 3 is 2.37 bits per heavy atom. The number of hydrogen-bond acceptors (Lipinski definition) is 7. The number of hydrogen-bond donors (Lipinski definition) is 0. The summed E-state index contributed by atoms with van der Waals surface area (Å²) in [6, 6.07) is 12.7. The summed E-state index contributed by atoms with van der Waals surface area (Å²) >= 11 is 5.51. The van der Waals surface area contributed by atoms with E-state index in [4.69, 9.17) is 4.74 Å². The number of ether oxygens (including phenoxy) is 1. The van der Waals surface area contributed by atoms with Gasteiger partial charge in [-0.15, -0.1) is 0 Å². The second-order valence-corrected chi connectivity index (χ2v) is 12.2. The minimum absolute atomic E-state index is 0.163. The number of benzene rings is 2. The van der Waals surface area contributed by atoms with Crippen LogP contribution >= 0.6 is 39.0 Å². The average Bonchev–Trinajstić information content (AvgIpc) is 3.36. The molecule has 3 aliphatic heterocycles. The molecule has 4 heterocycles. The van der Waals surface area contributed by atoms with Crippen LogP contribution in [-0.2, 0) is 25.7 Å². The Hall–Kier alpha value is -2.80.